The van der Waals surface area contributed by atoms with Gasteiger partial charge < -0.3 is 5.32 Å². The Morgan fingerprint density at radius 3 is 2.73 bits per heavy atom. The second-order valence-corrected chi connectivity index (χ2v) is 7.96. The predicted octanol–water partition coefficient (Wildman–Crippen LogP) is 4.28. The van der Waals surface area contributed by atoms with Crippen molar-refractivity contribution < 1.29 is 4.79 Å². The molecular weight excluding hydrogens is 370 g/mol. The summed E-state index contributed by atoms with van der Waals surface area (Å²) in [7, 11) is 0. The number of aromatic nitrogens is 4. The summed E-state index contributed by atoms with van der Waals surface area (Å²) in [6.07, 6.45) is 3.67. The van der Waals surface area contributed by atoms with Crippen LogP contribution in [0.2, 0.25) is 5.02 Å². The fraction of sp³-hybridized carbons (Fsp3) is 0.278. The number of benzene rings is 1. The van der Waals surface area contributed by atoms with Crippen molar-refractivity contribution in [3.8, 4) is 11.3 Å². The quantitative estimate of drug-likeness (QED) is 0.703. The lowest BCUT2D eigenvalue weighted by Crippen LogP contribution is -2.17. The molecule has 3 aromatic rings. The zero-order valence-corrected chi connectivity index (χ0v) is 15.9. The van der Waals surface area contributed by atoms with Gasteiger partial charge in [-0.15, -0.1) is 11.8 Å². The molecular formula is C18H18ClN5OS. The molecule has 0 radical (unpaired) electrons. The van der Waals surface area contributed by atoms with Crippen LogP contribution in [0, 0.1) is 0 Å². The molecule has 2 aromatic heterocycles. The molecule has 2 N–H and O–H groups in total. The summed E-state index contributed by atoms with van der Waals surface area (Å²) in [4.78, 5) is 12.2. The first-order valence-corrected chi connectivity index (χ1v) is 9.75. The molecule has 1 aliphatic rings. The molecule has 1 atom stereocenters. The van der Waals surface area contributed by atoms with E-state index in [1.807, 2.05) is 55.2 Å². The van der Waals surface area contributed by atoms with Crippen molar-refractivity contribution in [2.24, 2.45) is 0 Å². The van der Waals surface area contributed by atoms with Crippen molar-refractivity contribution in [3.63, 3.8) is 0 Å². The molecule has 26 heavy (non-hydrogen) atoms. The molecule has 0 bridgehead atoms. The number of anilines is 1. The van der Waals surface area contributed by atoms with Gasteiger partial charge in [0.25, 0.3) is 0 Å². The number of halogens is 1. The minimum Gasteiger partial charge on any atom is -0.310 e. The van der Waals surface area contributed by atoms with E-state index in [2.05, 4.69) is 20.6 Å². The molecule has 1 amide bonds. The Balaban J connectivity index is 1.81. The van der Waals surface area contributed by atoms with E-state index >= 15 is 0 Å². The van der Waals surface area contributed by atoms with Crippen LogP contribution in [0.4, 0.5) is 5.82 Å². The Labute approximate surface area is 160 Å². The van der Waals surface area contributed by atoms with Gasteiger partial charge in [0.15, 0.2) is 0 Å². The molecule has 0 saturated carbocycles. The van der Waals surface area contributed by atoms with Gasteiger partial charge in [0.1, 0.15) is 5.82 Å². The highest BCUT2D eigenvalue weighted by Crippen LogP contribution is 2.44. The topological polar surface area (TPSA) is 75.6 Å². The lowest BCUT2D eigenvalue weighted by Gasteiger charge is -2.15. The number of rotatable bonds is 3. The van der Waals surface area contributed by atoms with Gasteiger partial charge in [0.05, 0.1) is 29.1 Å². The third kappa shape index (κ3) is 3.01. The van der Waals surface area contributed by atoms with Crippen molar-refractivity contribution in [1.82, 2.24) is 20.0 Å². The summed E-state index contributed by atoms with van der Waals surface area (Å²) < 4.78 is 1.86. The van der Waals surface area contributed by atoms with E-state index in [9.17, 15) is 4.79 Å². The second kappa shape index (κ2) is 6.81. The summed E-state index contributed by atoms with van der Waals surface area (Å²) in [5.41, 5.74) is 3.95. The van der Waals surface area contributed by atoms with E-state index in [1.54, 1.807) is 11.8 Å². The SMILES string of the molecule is CC(C)n1ncc2c1NC(=O)CS[C@H]2c1cn[nH]c1-c1ccc(Cl)cc1. The lowest BCUT2D eigenvalue weighted by atomic mass is 10.0. The Morgan fingerprint density at radius 2 is 2.00 bits per heavy atom. The molecule has 0 aliphatic carbocycles. The van der Waals surface area contributed by atoms with E-state index < -0.39 is 0 Å². The molecule has 3 heterocycles. The summed E-state index contributed by atoms with van der Waals surface area (Å²) in [5, 5.41) is 15.5. The molecule has 6 nitrogen and oxygen atoms in total. The Morgan fingerprint density at radius 1 is 1.23 bits per heavy atom. The van der Waals surface area contributed by atoms with E-state index in [0.717, 1.165) is 28.2 Å². The lowest BCUT2D eigenvalue weighted by molar-refractivity contribution is -0.113. The highest BCUT2D eigenvalue weighted by molar-refractivity contribution is 8.00. The number of thioether (sulfide) groups is 1. The van der Waals surface area contributed by atoms with Gasteiger partial charge in [0, 0.05) is 22.2 Å². The van der Waals surface area contributed by atoms with Gasteiger partial charge in [-0.05, 0) is 31.5 Å². The highest BCUT2D eigenvalue weighted by Gasteiger charge is 2.30. The molecule has 0 saturated heterocycles. The van der Waals surface area contributed by atoms with Crippen molar-refractivity contribution in [1.29, 1.82) is 0 Å². The van der Waals surface area contributed by atoms with Crippen LogP contribution in [-0.2, 0) is 4.79 Å². The van der Waals surface area contributed by atoms with Crippen LogP contribution in [0.1, 0.15) is 36.3 Å². The van der Waals surface area contributed by atoms with Crippen LogP contribution in [0.5, 0.6) is 0 Å². The maximum atomic E-state index is 12.2. The first-order chi connectivity index (χ1) is 12.5. The number of nitrogens with zero attached hydrogens (tertiary/aromatic N) is 3. The highest BCUT2D eigenvalue weighted by atomic mass is 35.5. The maximum Gasteiger partial charge on any atom is 0.235 e. The van der Waals surface area contributed by atoms with Crippen LogP contribution in [0.25, 0.3) is 11.3 Å². The van der Waals surface area contributed by atoms with E-state index in [1.165, 1.54) is 0 Å². The number of nitrogens with one attached hydrogen (secondary N) is 2. The van der Waals surface area contributed by atoms with E-state index in [4.69, 9.17) is 11.6 Å². The number of fused-ring (bicyclic) bond motifs is 1. The normalized spacial score (nSPS) is 17.1. The van der Waals surface area contributed by atoms with Crippen LogP contribution in [0.3, 0.4) is 0 Å². The number of carbonyl (C=O) groups excluding carboxylic acids is 1. The summed E-state index contributed by atoms with van der Waals surface area (Å²) in [6, 6.07) is 7.79. The van der Waals surface area contributed by atoms with Crippen LogP contribution < -0.4 is 5.32 Å². The Hall–Kier alpha value is -2.25. The van der Waals surface area contributed by atoms with Gasteiger partial charge >= 0.3 is 0 Å². The van der Waals surface area contributed by atoms with Gasteiger partial charge in [-0.3, -0.25) is 9.89 Å². The minimum absolute atomic E-state index is 0.0160. The number of carbonyl (C=O) groups is 1. The van der Waals surface area contributed by atoms with Crippen molar-refractivity contribution >= 4 is 35.1 Å². The number of hydrogen-bond donors (Lipinski definition) is 2. The third-order valence-corrected chi connectivity index (χ3v) is 5.84. The van der Waals surface area contributed by atoms with Crippen LogP contribution in [-0.4, -0.2) is 31.6 Å². The fourth-order valence-corrected chi connectivity index (χ4v) is 4.33. The van der Waals surface area contributed by atoms with Gasteiger partial charge in [0.2, 0.25) is 5.91 Å². The molecule has 0 spiro atoms. The number of hydrogen-bond acceptors (Lipinski definition) is 4. The molecule has 4 rings (SSSR count). The van der Waals surface area contributed by atoms with Gasteiger partial charge in [-0.25, -0.2) is 4.68 Å². The smallest absolute Gasteiger partial charge is 0.235 e. The number of amides is 1. The van der Waals surface area contributed by atoms with Crippen LogP contribution >= 0.6 is 23.4 Å². The number of H-pyrrole nitrogens is 1. The molecule has 1 aliphatic heterocycles. The van der Waals surface area contributed by atoms with Gasteiger partial charge in [-0.2, -0.15) is 10.2 Å². The summed E-state index contributed by atoms with van der Waals surface area (Å²) in [5.74, 6) is 1.13. The Kier molecular flexibility index (Phi) is 4.50. The largest absolute Gasteiger partial charge is 0.310 e. The average molecular weight is 388 g/mol. The first-order valence-electron chi connectivity index (χ1n) is 8.32. The van der Waals surface area contributed by atoms with Crippen molar-refractivity contribution in [3.05, 3.63) is 52.8 Å². The number of aromatic amines is 1. The first kappa shape index (κ1) is 17.2. The van der Waals surface area contributed by atoms with Crippen molar-refractivity contribution in [2.75, 3.05) is 11.1 Å². The zero-order chi connectivity index (χ0) is 18.3. The summed E-state index contributed by atoms with van der Waals surface area (Å²) >= 11 is 7.59. The molecule has 8 heteroatoms. The Bertz CT molecular complexity index is 947. The predicted molar refractivity (Wildman–Crippen MR) is 105 cm³/mol. The minimum atomic E-state index is -0.0409. The van der Waals surface area contributed by atoms with Gasteiger partial charge in [-0.1, -0.05) is 23.7 Å². The third-order valence-electron chi connectivity index (χ3n) is 4.32. The van der Waals surface area contributed by atoms with E-state index in [-0.39, 0.29) is 17.2 Å². The summed E-state index contributed by atoms with van der Waals surface area (Å²) in [6.45, 7) is 4.09. The molecule has 0 unspecified atom stereocenters. The second-order valence-electron chi connectivity index (χ2n) is 6.43. The zero-order valence-electron chi connectivity index (χ0n) is 14.4. The monoisotopic (exact) mass is 387 g/mol. The van der Waals surface area contributed by atoms with E-state index in [0.29, 0.717) is 10.8 Å². The molecule has 134 valence electrons. The van der Waals surface area contributed by atoms with Crippen molar-refractivity contribution in [2.45, 2.75) is 25.1 Å². The molecule has 1 aromatic carbocycles. The molecule has 0 fully saturated rings. The standard InChI is InChI=1S/C18H18ClN5OS/c1-10(2)24-18-14(8-21-24)17(26-9-15(25)22-18)13-7-20-23-16(13)11-3-5-12(19)6-4-11/h3-8,10,17H,9H2,1-2H3,(H,20,23)(H,22,25)/t17-/m0/s1. The maximum absolute atomic E-state index is 12.2. The average Bonchev–Trinajstić information content (AvgIpc) is 3.21. The van der Waals surface area contributed by atoms with Crippen LogP contribution in [0.15, 0.2) is 36.7 Å². The fourth-order valence-electron chi connectivity index (χ4n) is 3.10.